The highest BCUT2D eigenvalue weighted by atomic mass is 35.5. The Bertz CT molecular complexity index is 1320. The van der Waals surface area contributed by atoms with Crippen molar-refractivity contribution in [3.63, 3.8) is 0 Å². The first-order valence-corrected chi connectivity index (χ1v) is 14.8. The van der Waals surface area contributed by atoms with Gasteiger partial charge in [0.2, 0.25) is 5.91 Å². The van der Waals surface area contributed by atoms with E-state index in [9.17, 15) is 39.4 Å². The van der Waals surface area contributed by atoms with Gasteiger partial charge in [0, 0.05) is 30.4 Å². The molecule has 3 atom stereocenters. The predicted octanol–water partition coefficient (Wildman–Crippen LogP) is 5.83. The number of halogens is 6. The third-order valence-corrected chi connectivity index (χ3v) is 8.46. The maximum atomic E-state index is 14.0. The van der Waals surface area contributed by atoms with Crippen LogP contribution in [0.3, 0.4) is 0 Å². The van der Waals surface area contributed by atoms with Gasteiger partial charge in [-0.15, -0.1) is 0 Å². The van der Waals surface area contributed by atoms with Gasteiger partial charge in [0.15, 0.2) is 6.19 Å². The fraction of sp³-hybridized carbons (Fsp3) is 0.440. The first-order chi connectivity index (χ1) is 18.6. The van der Waals surface area contributed by atoms with Crippen LogP contribution < -0.4 is 10.2 Å². The first kappa shape index (κ1) is 29.8. The number of aromatic nitrogens is 1. The normalized spacial score (nSPS) is 22.5. The fourth-order valence-electron chi connectivity index (χ4n) is 5.11. The number of aliphatic hydroxyl groups is 1. The smallest absolute Gasteiger partial charge is 0.310 e. The van der Waals surface area contributed by atoms with Crippen molar-refractivity contribution in [3.05, 3.63) is 53.3 Å². The maximum Gasteiger partial charge on any atom is 0.310 e. The van der Waals surface area contributed by atoms with Crippen LogP contribution in [-0.2, 0) is 9.59 Å². The molecule has 15 heteroatoms. The van der Waals surface area contributed by atoms with Crippen LogP contribution in [-0.4, -0.2) is 51.5 Å². The van der Waals surface area contributed by atoms with Crippen LogP contribution in [0.15, 0.2) is 47.6 Å². The van der Waals surface area contributed by atoms with Crippen LogP contribution in [0.4, 0.5) is 25.1 Å². The summed E-state index contributed by atoms with van der Waals surface area (Å²) in [5.41, 5.74) is -0.289. The topological polar surface area (TPSA) is 110 Å². The Labute approximate surface area is 232 Å². The third-order valence-electron chi connectivity index (χ3n) is 7.01. The van der Waals surface area contributed by atoms with Crippen LogP contribution in [0.25, 0.3) is 0 Å². The molecule has 2 amide bonds. The highest BCUT2D eigenvalue weighted by Gasteiger charge is 2.65. The Hall–Kier alpha value is -3.15. The minimum Gasteiger partial charge on any atom is -0.391 e. The molecule has 2 aromatic rings. The molecule has 2 fully saturated rings. The van der Waals surface area contributed by atoms with Crippen molar-refractivity contribution >= 4 is 39.3 Å². The number of nitrogens with zero attached hydrogens (tertiary/aromatic N) is 4. The van der Waals surface area contributed by atoms with Crippen molar-refractivity contribution in [2.45, 2.75) is 67.6 Å². The van der Waals surface area contributed by atoms with Gasteiger partial charge < -0.3 is 10.4 Å². The molecule has 218 valence electrons. The average molecular weight is 608 g/mol. The quantitative estimate of drug-likeness (QED) is 0.303. The molecule has 0 spiro atoms. The largest absolute Gasteiger partial charge is 0.391 e. The molecule has 1 aliphatic carbocycles. The van der Waals surface area contributed by atoms with E-state index in [4.69, 9.17) is 11.6 Å². The number of benzene rings is 1. The Morgan fingerprint density at radius 1 is 1.18 bits per heavy atom. The lowest BCUT2D eigenvalue weighted by Crippen LogP contribution is -2.51. The van der Waals surface area contributed by atoms with E-state index in [1.807, 2.05) is 0 Å². The number of aliphatic hydroxyl groups excluding tert-OH is 1. The number of amides is 2. The van der Waals surface area contributed by atoms with Crippen LogP contribution in [0.1, 0.15) is 50.1 Å². The highest BCUT2D eigenvalue weighted by Crippen LogP contribution is 3.02. The number of rotatable bonds is 7. The van der Waals surface area contributed by atoms with E-state index < -0.39 is 55.8 Å². The van der Waals surface area contributed by atoms with Gasteiger partial charge in [-0.2, -0.15) is 5.26 Å². The lowest BCUT2D eigenvalue weighted by molar-refractivity contribution is -0.128. The van der Waals surface area contributed by atoms with E-state index in [1.165, 1.54) is 24.5 Å². The molecule has 3 unspecified atom stereocenters. The molecule has 40 heavy (non-hydrogen) atoms. The van der Waals surface area contributed by atoms with Crippen molar-refractivity contribution in [1.29, 1.82) is 5.26 Å². The molecule has 0 bridgehead atoms. The van der Waals surface area contributed by atoms with E-state index in [2.05, 4.69) is 10.3 Å². The maximum absolute atomic E-state index is 14.0. The minimum atomic E-state index is -10.1. The van der Waals surface area contributed by atoms with E-state index in [-0.39, 0.29) is 36.7 Å². The summed E-state index contributed by atoms with van der Waals surface area (Å²) in [5.74, 6) is -1.63. The predicted molar refractivity (Wildman–Crippen MR) is 139 cm³/mol. The van der Waals surface area contributed by atoms with Crippen molar-refractivity contribution in [1.82, 2.24) is 15.2 Å². The molecule has 2 heterocycles. The van der Waals surface area contributed by atoms with E-state index >= 15 is 0 Å². The average Bonchev–Trinajstić information content (AvgIpc) is 3.27. The van der Waals surface area contributed by atoms with Crippen LogP contribution in [0.2, 0.25) is 5.02 Å². The summed E-state index contributed by atoms with van der Waals surface area (Å²) in [7, 11) is -10.1. The van der Waals surface area contributed by atoms with E-state index in [0.29, 0.717) is 18.9 Å². The number of pyridine rings is 1. The molecule has 1 aromatic carbocycles. The number of carbonyl (C=O) groups excluding carboxylic acids is 2. The van der Waals surface area contributed by atoms with Gasteiger partial charge in [0.05, 0.1) is 23.4 Å². The van der Waals surface area contributed by atoms with Crippen molar-refractivity contribution in [2.24, 2.45) is 0 Å². The second-order valence-electron chi connectivity index (χ2n) is 9.98. The van der Waals surface area contributed by atoms with Crippen LogP contribution in [0, 0.1) is 11.5 Å². The number of nitriles is 1. The second kappa shape index (κ2) is 10.4. The molecule has 2 N–H and O–H groups in total. The Morgan fingerprint density at radius 2 is 1.88 bits per heavy atom. The van der Waals surface area contributed by atoms with Gasteiger partial charge in [-0.25, -0.2) is 0 Å². The number of anilines is 1. The summed E-state index contributed by atoms with van der Waals surface area (Å²) >= 11 is 6.15. The summed E-state index contributed by atoms with van der Waals surface area (Å²) in [6, 6.07) is 0.620. The van der Waals surface area contributed by atoms with Crippen LogP contribution in [0.5, 0.6) is 0 Å². The fourth-order valence-corrected chi connectivity index (χ4v) is 6.11. The van der Waals surface area contributed by atoms with Gasteiger partial charge in [-0.3, -0.25) is 24.4 Å². The molecule has 1 aromatic heterocycles. The third kappa shape index (κ3) is 6.59. The Balaban J connectivity index is 1.86. The van der Waals surface area contributed by atoms with Gasteiger partial charge in [-0.05, 0) is 37.1 Å². The standard InChI is InChI=1S/C25H27ClF5N5O3S/c26-20-12-19(40(27,28,29,30)31)8-9-21(20)36(25(39)22-11-18(37)14-35(22)15-32)23(16-5-4-10-33-13-16)24(38)34-17-6-2-1-3-7-17/h4-5,8-10,12-13,17-18,22-23,37H,1-3,6-7,11,14H2,(H,34,38). The minimum absolute atomic E-state index is 0.0175. The number of β-amino-alcohol motifs (C(OH)–C–C–N with tert-alkyl or cyclic N) is 1. The molecule has 0 radical (unpaired) electrons. The van der Waals surface area contributed by atoms with Gasteiger partial charge in [-0.1, -0.05) is 56.4 Å². The Kier molecular flexibility index (Phi) is 7.72. The molecule has 1 aliphatic heterocycles. The highest BCUT2D eigenvalue weighted by molar-refractivity contribution is 8.45. The molecular formula is C25H27ClF5N5O3S. The number of hydrogen-bond acceptors (Lipinski definition) is 6. The van der Waals surface area contributed by atoms with Gasteiger partial charge in [0.25, 0.3) is 5.91 Å². The molecule has 1 saturated heterocycles. The molecule has 2 aliphatic rings. The number of carbonyl (C=O) groups is 2. The summed E-state index contributed by atoms with van der Waals surface area (Å²) in [6.45, 7) is -0.191. The lowest BCUT2D eigenvalue weighted by atomic mass is 9.94. The van der Waals surface area contributed by atoms with Gasteiger partial charge >= 0.3 is 10.2 Å². The van der Waals surface area contributed by atoms with Crippen LogP contribution >= 0.6 is 21.8 Å². The van der Waals surface area contributed by atoms with Crippen molar-refractivity contribution < 1.29 is 34.1 Å². The summed E-state index contributed by atoms with van der Waals surface area (Å²) in [5, 5.41) is 21.7. The number of nitrogens with one attached hydrogen (secondary N) is 1. The van der Waals surface area contributed by atoms with Crippen molar-refractivity contribution in [3.8, 4) is 6.19 Å². The van der Waals surface area contributed by atoms with E-state index in [1.54, 1.807) is 6.19 Å². The monoisotopic (exact) mass is 607 g/mol. The number of hydrogen-bond donors (Lipinski definition) is 2. The SMILES string of the molecule is N#CN1CC(O)CC1C(=O)N(c1ccc(S(F)(F)(F)(F)F)cc1Cl)C(C(=O)NC1CCCCC1)c1cccnc1. The van der Waals surface area contributed by atoms with Gasteiger partial charge in [0.1, 0.15) is 17.0 Å². The molecule has 4 rings (SSSR count). The first-order valence-electron chi connectivity index (χ1n) is 12.5. The lowest BCUT2D eigenvalue weighted by Gasteiger charge is -2.41. The van der Waals surface area contributed by atoms with E-state index in [0.717, 1.165) is 29.1 Å². The zero-order valence-electron chi connectivity index (χ0n) is 21.0. The second-order valence-corrected chi connectivity index (χ2v) is 12.8. The summed E-state index contributed by atoms with van der Waals surface area (Å²) in [4.78, 5) is 31.4. The molecule has 8 nitrogen and oxygen atoms in total. The molecule has 1 saturated carbocycles. The zero-order chi connectivity index (χ0) is 29.4. The summed E-state index contributed by atoms with van der Waals surface area (Å²) in [6.07, 6.45) is 7.28. The van der Waals surface area contributed by atoms with Crippen molar-refractivity contribution in [2.75, 3.05) is 11.4 Å². The number of likely N-dealkylation sites (tertiary alicyclic amines) is 1. The summed E-state index contributed by atoms with van der Waals surface area (Å²) < 4.78 is 67.7. The zero-order valence-corrected chi connectivity index (χ0v) is 22.6. The molecular weight excluding hydrogens is 581 g/mol. The Morgan fingerprint density at radius 3 is 2.45 bits per heavy atom.